The van der Waals surface area contributed by atoms with Gasteiger partial charge in [0.1, 0.15) is 5.82 Å². The number of hydrogen-bond donors (Lipinski definition) is 1. The molecule has 0 amide bonds. The summed E-state index contributed by atoms with van der Waals surface area (Å²) in [6.45, 7) is 8.00. The molecule has 2 rings (SSSR count). The highest BCUT2D eigenvalue weighted by molar-refractivity contribution is 9.10. The lowest BCUT2D eigenvalue weighted by Crippen LogP contribution is -2.24. The van der Waals surface area contributed by atoms with Gasteiger partial charge in [-0.25, -0.2) is 4.98 Å². The van der Waals surface area contributed by atoms with Crippen molar-refractivity contribution in [1.29, 1.82) is 0 Å². The molecule has 0 atom stereocenters. The topological polar surface area (TPSA) is 41.1 Å². The highest BCUT2D eigenvalue weighted by Gasteiger charge is 2.08. The van der Waals surface area contributed by atoms with Crippen LogP contribution in [-0.2, 0) is 0 Å². The van der Waals surface area contributed by atoms with Gasteiger partial charge in [0.15, 0.2) is 0 Å². The first kappa shape index (κ1) is 14.8. The summed E-state index contributed by atoms with van der Waals surface area (Å²) in [5.74, 6) is 1.59. The van der Waals surface area contributed by atoms with E-state index in [2.05, 4.69) is 50.0 Å². The van der Waals surface area contributed by atoms with E-state index in [1.807, 2.05) is 37.3 Å². The fourth-order valence-electron chi connectivity index (χ4n) is 1.95. The lowest BCUT2D eigenvalue weighted by molar-refractivity contribution is 0.817. The molecule has 5 heteroatoms. The Morgan fingerprint density at radius 3 is 2.35 bits per heavy atom. The molecule has 0 spiro atoms. The lowest BCUT2D eigenvalue weighted by atomic mass is 10.3. The monoisotopic (exact) mass is 334 g/mol. The standard InChI is InChI=1S/C15H19BrN4/c1-4-20(5-2)15-17-11(3)10-14(19-15)18-13-8-6-12(16)7-9-13/h6-10H,4-5H2,1-3H3,(H,17,18,19). The molecule has 1 aromatic carbocycles. The van der Waals surface area contributed by atoms with E-state index in [4.69, 9.17) is 0 Å². The summed E-state index contributed by atoms with van der Waals surface area (Å²) >= 11 is 3.43. The Bertz CT molecular complexity index is 565. The maximum Gasteiger partial charge on any atom is 0.227 e. The number of nitrogens with one attached hydrogen (secondary N) is 1. The summed E-state index contributed by atoms with van der Waals surface area (Å²) in [7, 11) is 0. The summed E-state index contributed by atoms with van der Waals surface area (Å²) in [5, 5.41) is 3.32. The SMILES string of the molecule is CCN(CC)c1nc(C)cc(Nc2ccc(Br)cc2)n1. The van der Waals surface area contributed by atoms with E-state index in [1.54, 1.807) is 0 Å². The number of anilines is 3. The van der Waals surface area contributed by atoms with Crippen molar-refractivity contribution in [3.05, 3.63) is 40.5 Å². The Morgan fingerprint density at radius 1 is 1.10 bits per heavy atom. The number of aryl methyl sites for hydroxylation is 1. The molecule has 1 N–H and O–H groups in total. The van der Waals surface area contributed by atoms with Crippen molar-refractivity contribution in [2.24, 2.45) is 0 Å². The fraction of sp³-hybridized carbons (Fsp3) is 0.333. The van der Waals surface area contributed by atoms with Crippen LogP contribution in [0.2, 0.25) is 0 Å². The van der Waals surface area contributed by atoms with Gasteiger partial charge in [0, 0.05) is 35.0 Å². The number of halogens is 1. The quantitative estimate of drug-likeness (QED) is 0.892. The van der Waals surface area contributed by atoms with Gasteiger partial charge in [-0.2, -0.15) is 4.98 Å². The third-order valence-electron chi connectivity index (χ3n) is 3.01. The van der Waals surface area contributed by atoms with E-state index >= 15 is 0 Å². The van der Waals surface area contributed by atoms with Crippen LogP contribution in [0.5, 0.6) is 0 Å². The molecular formula is C15H19BrN4. The first-order valence-corrected chi connectivity index (χ1v) is 7.55. The summed E-state index contributed by atoms with van der Waals surface area (Å²) in [6, 6.07) is 9.98. The molecule has 0 fully saturated rings. The van der Waals surface area contributed by atoms with Gasteiger partial charge in [-0.3, -0.25) is 0 Å². The molecule has 1 aromatic heterocycles. The second kappa shape index (κ2) is 6.70. The van der Waals surface area contributed by atoms with Crippen LogP contribution in [0.3, 0.4) is 0 Å². The summed E-state index contributed by atoms with van der Waals surface area (Å²) in [4.78, 5) is 11.2. The molecule has 0 saturated carbocycles. The Kier molecular flexibility index (Phi) is 4.95. The molecular weight excluding hydrogens is 316 g/mol. The van der Waals surface area contributed by atoms with Crippen molar-refractivity contribution >= 4 is 33.4 Å². The van der Waals surface area contributed by atoms with Gasteiger partial charge in [-0.05, 0) is 45.0 Å². The minimum atomic E-state index is 0.773. The summed E-state index contributed by atoms with van der Waals surface area (Å²) in [5.41, 5.74) is 1.97. The van der Waals surface area contributed by atoms with Gasteiger partial charge in [0.2, 0.25) is 5.95 Å². The fourth-order valence-corrected chi connectivity index (χ4v) is 2.21. The van der Waals surface area contributed by atoms with Gasteiger partial charge in [0.05, 0.1) is 0 Å². The Labute approximate surface area is 128 Å². The number of benzene rings is 1. The van der Waals surface area contributed by atoms with Crippen molar-refractivity contribution in [3.8, 4) is 0 Å². The minimum Gasteiger partial charge on any atom is -0.341 e. The van der Waals surface area contributed by atoms with Crippen LogP contribution in [0.25, 0.3) is 0 Å². The zero-order valence-electron chi connectivity index (χ0n) is 12.0. The van der Waals surface area contributed by atoms with E-state index < -0.39 is 0 Å². The second-order valence-electron chi connectivity index (χ2n) is 4.50. The Balaban J connectivity index is 2.25. The predicted molar refractivity (Wildman–Crippen MR) is 87.8 cm³/mol. The summed E-state index contributed by atoms with van der Waals surface area (Å²) in [6.07, 6.45) is 0. The molecule has 4 nitrogen and oxygen atoms in total. The van der Waals surface area contributed by atoms with Crippen LogP contribution in [0.1, 0.15) is 19.5 Å². The van der Waals surface area contributed by atoms with Crippen molar-refractivity contribution in [2.45, 2.75) is 20.8 Å². The van der Waals surface area contributed by atoms with Crippen molar-refractivity contribution in [2.75, 3.05) is 23.3 Å². The van der Waals surface area contributed by atoms with E-state index in [9.17, 15) is 0 Å². The maximum absolute atomic E-state index is 4.59. The summed E-state index contributed by atoms with van der Waals surface area (Å²) < 4.78 is 1.06. The number of hydrogen-bond acceptors (Lipinski definition) is 4. The van der Waals surface area contributed by atoms with E-state index in [1.165, 1.54) is 0 Å². The van der Waals surface area contributed by atoms with Crippen molar-refractivity contribution in [1.82, 2.24) is 9.97 Å². The van der Waals surface area contributed by atoms with Crippen LogP contribution in [-0.4, -0.2) is 23.1 Å². The first-order valence-electron chi connectivity index (χ1n) is 6.75. The van der Waals surface area contributed by atoms with Crippen molar-refractivity contribution < 1.29 is 0 Å². The van der Waals surface area contributed by atoms with Crippen LogP contribution in [0.15, 0.2) is 34.8 Å². The minimum absolute atomic E-state index is 0.773. The molecule has 0 aliphatic carbocycles. The Morgan fingerprint density at radius 2 is 1.75 bits per heavy atom. The highest BCUT2D eigenvalue weighted by atomic mass is 79.9. The maximum atomic E-state index is 4.59. The number of aromatic nitrogens is 2. The molecule has 0 unspecified atom stereocenters. The third kappa shape index (κ3) is 3.70. The van der Waals surface area contributed by atoms with Gasteiger partial charge < -0.3 is 10.2 Å². The highest BCUT2D eigenvalue weighted by Crippen LogP contribution is 2.20. The van der Waals surface area contributed by atoms with Crippen LogP contribution in [0, 0.1) is 6.92 Å². The Hall–Kier alpha value is -1.62. The van der Waals surface area contributed by atoms with E-state index in [0.717, 1.165) is 40.7 Å². The average molecular weight is 335 g/mol. The third-order valence-corrected chi connectivity index (χ3v) is 3.53. The lowest BCUT2D eigenvalue weighted by Gasteiger charge is -2.19. The van der Waals surface area contributed by atoms with Crippen LogP contribution in [0.4, 0.5) is 17.5 Å². The largest absolute Gasteiger partial charge is 0.341 e. The van der Waals surface area contributed by atoms with Gasteiger partial charge >= 0.3 is 0 Å². The van der Waals surface area contributed by atoms with Gasteiger partial charge in [-0.15, -0.1) is 0 Å². The molecule has 2 aromatic rings. The van der Waals surface area contributed by atoms with Gasteiger partial charge in [0.25, 0.3) is 0 Å². The normalized spacial score (nSPS) is 10.4. The zero-order chi connectivity index (χ0) is 14.5. The molecule has 0 bridgehead atoms. The zero-order valence-corrected chi connectivity index (χ0v) is 13.6. The number of rotatable bonds is 5. The average Bonchev–Trinajstić information content (AvgIpc) is 2.42. The predicted octanol–water partition coefficient (Wildman–Crippen LogP) is 4.14. The van der Waals surface area contributed by atoms with Crippen LogP contribution >= 0.6 is 15.9 Å². The van der Waals surface area contributed by atoms with Crippen molar-refractivity contribution in [3.63, 3.8) is 0 Å². The molecule has 0 aliphatic heterocycles. The van der Waals surface area contributed by atoms with Crippen LogP contribution < -0.4 is 10.2 Å². The van der Waals surface area contributed by atoms with E-state index in [-0.39, 0.29) is 0 Å². The van der Waals surface area contributed by atoms with E-state index in [0.29, 0.717) is 0 Å². The molecule has 0 radical (unpaired) electrons. The molecule has 1 heterocycles. The molecule has 0 aliphatic rings. The first-order chi connectivity index (χ1) is 9.62. The molecule has 20 heavy (non-hydrogen) atoms. The number of nitrogens with zero attached hydrogens (tertiary/aromatic N) is 3. The van der Waals surface area contributed by atoms with Gasteiger partial charge in [-0.1, -0.05) is 15.9 Å². The smallest absolute Gasteiger partial charge is 0.227 e. The molecule has 0 saturated heterocycles. The molecule has 106 valence electrons. The second-order valence-corrected chi connectivity index (χ2v) is 5.41.